The van der Waals surface area contributed by atoms with Gasteiger partial charge in [0.05, 0.1) is 0 Å². The molecule has 30 heavy (non-hydrogen) atoms. The van der Waals surface area contributed by atoms with Crippen molar-refractivity contribution < 1.29 is 8.78 Å². The minimum atomic E-state index is -3.01. The molecule has 152 valence electrons. The van der Waals surface area contributed by atoms with E-state index in [2.05, 4.69) is 64.0 Å². The molecule has 0 bridgehead atoms. The number of benzene rings is 4. The molecule has 0 saturated carbocycles. The monoisotopic (exact) mass is 482 g/mol. The van der Waals surface area contributed by atoms with Crippen molar-refractivity contribution in [3.8, 4) is 0 Å². The predicted molar refractivity (Wildman–Crippen MR) is 128 cm³/mol. The van der Waals surface area contributed by atoms with E-state index in [0.29, 0.717) is 0 Å². The molecular formula is C26H22BrF2P. The number of halogens is 3. The summed E-state index contributed by atoms with van der Waals surface area (Å²) in [6, 6.07) is 34.3. The fourth-order valence-corrected chi connectivity index (χ4v) is 12.0. The van der Waals surface area contributed by atoms with E-state index in [-0.39, 0.29) is 11.6 Å². The van der Waals surface area contributed by atoms with Gasteiger partial charge in [-0.05, 0) is 0 Å². The summed E-state index contributed by atoms with van der Waals surface area (Å²) < 4.78 is 27.2. The fraction of sp³-hybridized carbons (Fsp3) is 0.0769. The first kappa shape index (κ1) is 20.9. The Labute approximate surface area is 184 Å². The zero-order valence-corrected chi connectivity index (χ0v) is 18.9. The average molecular weight is 483 g/mol. The molecule has 4 aromatic carbocycles. The standard InChI is InChI=1S/C26H22BrF2P/c27-30(25-7-3-1-4-8-25,26-9-5-2-6-10-26,19-21-11-15-23(28)16-12-21)20-22-13-17-24(29)18-14-22/h1-18H,19-20H2. The van der Waals surface area contributed by atoms with Gasteiger partial charge in [0.1, 0.15) is 0 Å². The summed E-state index contributed by atoms with van der Waals surface area (Å²) in [6.45, 7) is 0. The molecule has 0 heterocycles. The van der Waals surface area contributed by atoms with Gasteiger partial charge in [-0.15, -0.1) is 0 Å². The second kappa shape index (κ2) is 8.41. The molecule has 0 aromatic heterocycles. The van der Waals surface area contributed by atoms with E-state index in [9.17, 15) is 8.78 Å². The third-order valence-corrected chi connectivity index (χ3v) is 14.5. The molecule has 4 heteroatoms. The number of rotatable bonds is 6. The van der Waals surface area contributed by atoms with Gasteiger partial charge in [0.2, 0.25) is 0 Å². The summed E-state index contributed by atoms with van der Waals surface area (Å²) in [7, 11) is 0. The van der Waals surface area contributed by atoms with E-state index in [4.69, 9.17) is 0 Å². The van der Waals surface area contributed by atoms with Crippen LogP contribution in [0.25, 0.3) is 0 Å². The molecule has 0 amide bonds. The van der Waals surface area contributed by atoms with Crippen molar-refractivity contribution in [2.75, 3.05) is 0 Å². The van der Waals surface area contributed by atoms with Gasteiger partial charge in [-0.3, -0.25) is 0 Å². The first-order chi connectivity index (χ1) is 14.5. The van der Waals surface area contributed by atoms with Gasteiger partial charge in [-0.1, -0.05) is 0 Å². The van der Waals surface area contributed by atoms with Crippen LogP contribution in [0.3, 0.4) is 0 Å². The first-order valence-electron chi connectivity index (χ1n) is 9.80. The van der Waals surface area contributed by atoms with Crippen LogP contribution in [0.15, 0.2) is 109 Å². The van der Waals surface area contributed by atoms with Crippen molar-refractivity contribution in [2.24, 2.45) is 0 Å². The fourth-order valence-electron chi connectivity index (χ4n) is 4.05. The van der Waals surface area contributed by atoms with Gasteiger partial charge < -0.3 is 0 Å². The molecule has 0 nitrogen and oxygen atoms in total. The summed E-state index contributed by atoms with van der Waals surface area (Å²) in [5.74, 6) is -0.488. The van der Waals surface area contributed by atoms with Gasteiger partial charge in [-0.2, -0.15) is 0 Å². The van der Waals surface area contributed by atoms with Gasteiger partial charge in [-0.25, -0.2) is 0 Å². The number of hydrogen-bond donors (Lipinski definition) is 0. The summed E-state index contributed by atoms with van der Waals surface area (Å²) in [5.41, 5.74) is 2.11. The molecule has 0 atom stereocenters. The maximum absolute atomic E-state index is 13.6. The Balaban J connectivity index is 1.97. The van der Waals surface area contributed by atoms with Crippen molar-refractivity contribution in [2.45, 2.75) is 12.3 Å². The van der Waals surface area contributed by atoms with Crippen molar-refractivity contribution in [1.82, 2.24) is 0 Å². The van der Waals surface area contributed by atoms with Crippen molar-refractivity contribution in [3.05, 3.63) is 132 Å². The van der Waals surface area contributed by atoms with E-state index in [1.807, 2.05) is 36.4 Å². The Morgan fingerprint density at radius 2 is 0.833 bits per heavy atom. The summed E-state index contributed by atoms with van der Waals surface area (Å²) >= 11 is 4.36. The van der Waals surface area contributed by atoms with Crippen LogP contribution in [0.5, 0.6) is 0 Å². The topological polar surface area (TPSA) is 0 Å². The molecular weight excluding hydrogens is 461 g/mol. The minimum absolute atomic E-state index is 0.244. The van der Waals surface area contributed by atoms with Crippen molar-refractivity contribution in [3.63, 3.8) is 0 Å². The van der Waals surface area contributed by atoms with E-state index < -0.39 is 5.31 Å². The Hall–Kier alpha value is -2.35. The van der Waals surface area contributed by atoms with Crippen LogP contribution in [0.1, 0.15) is 11.1 Å². The molecule has 0 saturated heterocycles. The van der Waals surface area contributed by atoms with Crippen molar-refractivity contribution in [1.29, 1.82) is 0 Å². The normalized spacial score (nSPS) is 12.8. The van der Waals surface area contributed by atoms with Gasteiger partial charge in [0.25, 0.3) is 0 Å². The van der Waals surface area contributed by atoms with Crippen LogP contribution in [0, 0.1) is 11.6 Å². The molecule has 0 N–H and O–H groups in total. The van der Waals surface area contributed by atoms with Crippen LogP contribution < -0.4 is 10.6 Å². The van der Waals surface area contributed by atoms with Crippen LogP contribution in [0.2, 0.25) is 0 Å². The molecule has 0 aliphatic rings. The molecule has 0 fully saturated rings. The quantitative estimate of drug-likeness (QED) is 0.255. The maximum atomic E-state index is 13.6. The molecule has 0 spiro atoms. The van der Waals surface area contributed by atoms with Gasteiger partial charge in [0, 0.05) is 0 Å². The summed E-state index contributed by atoms with van der Waals surface area (Å²) in [6.07, 6.45) is 1.44. The zero-order valence-electron chi connectivity index (χ0n) is 16.4. The summed E-state index contributed by atoms with van der Waals surface area (Å²) in [4.78, 5) is 0. The Bertz CT molecular complexity index is 1020. The van der Waals surface area contributed by atoms with Gasteiger partial charge in [0.15, 0.2) is 0 Å². The third kappa shape index (κ3) is 4.10. The second-order valence-electron chi connectivity index (χ2n) is 7.62. The van der Waals surface area contributed by atoms with E-state index in [1.54, 1.807) is 0 Å². The molecule has 0 aliphatic carbocycles. The Kier molecular flexibility index (Phi) is 5.86. The molecule has 0 radical (unpaired) electrons. The number of hydrogen-bond acceptors (Lipinski definition) is 0. The molecule has 4 aromatic rings. The SMILES string of the molecule is Fc1ccc(CP(Br)(Cc2ccc(F)cc2)(c2ccccc2)c2ccccc2)cc1. The van der Waals surface area contributed by atoms with E-state index >= 15 is 0 Å². The van der Waals surface area contributed by atoms with E-state index in [0.717, 1.165) is 23.5 Å². The molecule has 4 rings (SSSR count). The van der Waals surface area contributed by atoms with Crippen LogP contribution >= 0.6 is 20.8 Å². The Morgan fingerprint density at radius 3 is 1.17 bits per heavy atom. The summed E-state index contributed by atoms with van der Waals surface area (Å²) in [5, 5.41) is -0.588. The van der Waals surface area contributed by atoms with Crippen LogP contribution in [-0.2, 0) is 12.3 Å². The van der Waals surface area contributed by atoms with Gasteiger partial charge >= 0.3 is 184 Å². The predicted octanol–water partition coefficient (Wildman–Crippen LogP) is 7.18. The zero-order chi connectivity index (χ0) is 21.1. The van der Waals surface area contributed by atoms with E-state index in [1.165, 1.54) is 34.9 Å². The molecule has 0 aliphatic heterocycles. The third-order valence-electron chi connectivity index (χ3n) is 5.55. The second-order valence-corrected chi connectivity index (χ2v) is 17.2. The average Bonchev–Trinajstić information content (AvgIpc) is 2.78. The van der Waals surface area contributed by atoms with Crippen molar-refractivity contribution >= 4 is 31.4 Å². The molecule has 0 unspecified atom stereocenters. The first-order valence-corrected chi connectivity index (χ1v) is 14.4. The van der Waals surface area contributed by atoms with Crippen LogP contribution in [-0.4, -0.2) is 0 Å². The van der Waals surface area contributed by atoms with Crippen LogP contribution in [0.4, 0.5) is 8.78 Å². The Morgan fingerprint density at radius 1 is 0.500 bits per heavy atom.